The second-order valence-corrected chi connectivity index (χ2v) is 8.80. The number of aliphatic hydroxyl groups is 1. The molecule has 23 heavy (non-hydrogen) atoms. The summed E-state index contributed by atoms with van der Waals surface area (Å²) in [5.41, 5.74) is 1.59. The maximum atomic E-state index is 10.1. The third-order valence-corrected chi connectivity index (χ3v) is 5.09. The molecule has 0 radical (unpaired) electrons. The van der Waals surface area contributed by atoms with E-state index in [4.69, 9.17) is 34.8 Å². The Morgan fingerprint density at radius 2 is 1.87 bits per heavy atom. The minimum absolute atomic E-state index is 0.144. The maximum Gasteiger partial charge on any atom is 0.216 e. The Morgan fingerprint density at radius 1 is 1.17 bits per heavy atom. The van der Waals surface area contributed by atoms with Gasteiger partial charge in [0.1, 0.15) is 10.9 Å². The first-order chi connectivity index (χ1) is 10.8. The van der Waals surface area contributed by atoms with Crippen LogP contribution < -0.4 is 0 Å². The molecule has 3 aromatic rings. The van der Waals surface area contributed by atoms with E-state index >= 15 is 0 Å². The standard InChI is InChI=1S/C16H13Cl3N2OS/c1-9-7-11-12(8-13(22)16(17,18)19)20-14(21-15(11)23-9)10-5-3-2-4-6-10/h2-7,13,22H,8H2,1H3. The number of aromatic nitrogens is 2. The number of aliphatic hydroxyl groups excluding tert-OH is 1. The highest BCUT2D eigenvalue weighted by molar-refractivity contribution is 7.18. The van der Waals surface area contributed by atoms with E-state index in [-0.39, 0.29) is 6.42 Å². The van der Waals surface area contributed by atoms with Gasteiger partial charge in [-0.3, -0.25) is 0 Å². The summed E-state index contributed by atoms with van der Waals surface area (Å²) in [7, 11) is 0. The highest BCUT2D eigenvalue weighted by atomic mass is 35.6. The van der Waals surface area contributed by atoms with Gasteiger partial charge in [-0.05, 0) is 13.0 Å². The summed E-state index contributed by atoms with van der Waals surface area (Å²) in [4.78, 5) is 11.2. The smallest absolute Gasteiger partial charge is 0.216 e. The van der Waals surface area contributed by atoms with Gasteiger partial charge in [-0.1, -0.05) is 65.1 Å². The second kappa shape index (κ2) is 6.54. The van der Waals surface area contributed by atoms with Crippen molar-refractivity contribution in [2.75, 3.05) is 0 Å². The van der Waals surface area contributed by atoms with Gasteiger partial charge in [-0.25, -0.2) is 9.97 Å². The molecule has 1 aromatic carbocycles. The molecule has 7 heteroatoms. The fraction of sp³-hybridized carbons (Fsp3) is 0.250. The molecule has 0 saturated heterocycles. The molecule has 0 bridgehead atoms. The van der Waals surface area contributed by atoms with E-state index in [1.807, 2.05) is 43.3 Å². The number of fused-ring (bicyclic) bond motifs is 1. The lowest BCUT2D eigenvalue weighted by Crippen LogP contribution is -2.28. The summed E-state index contributed by atoms with van der Waals surface area (Å²) in [6.45, 7) is 2.00. The number of thiophene rings is 1. The van der Waals surface area contributed by atoms with E-state index in [0.717, 1.165) is 20.7 Å². The monoisotopic (exact) mass is 386 g/mol. The highest BCUT2D eigenvalue weighted by Crippen LogP contribution is 2.34. The molecule has 0 amide bonds. The number of halogens is 3. The Kier molecular flexibility index (Phi) is 4.81. The number of rotatable bonds is 3. The summed E-state index contributed by atoms with van der Waals surface area (Å²) >= 11 is 18.9. The topological polar surface area (TPSA) is 46.0 Å². The summed E-state index contributed by atoms with van der Waals surface area (Å²) < 4.78 is -1.75. The Hall–Kier alpha value is -0.910. The van der Waals surface area contributed by atoms with Gasteiger partial charge in [-0.2, -0.15) is 0 Å². The fourth-order valence-corrected chi connectivity index (χ4v) is 3.40. The Bertz CT molecular complexity index is 830. The Morgan fingerprint density at radius 3 is 2.52 bits per heavy atom. The molecule has 0 saturated carbocycles. The van der Waals surface area contributed by atoms with E-state index in [1.165, 1.54) is 0 Å². The van der Waals surface area contributed by atoms with Gasteiger partial charge >= 0.3 is 0 Å². The number of hydrogen-bond donors (Lipinski definition) is 1. The van der Waals surface area contributed by atoms with E-state index in [1.54, 1.807) is 11.3 Å². The minimum atomic E-state index is -1.75. The summed E-state index contributed by atoms with van der Waals surface area (Å²) in [5, 5.41) is 11.0. The second-order valence-electron chi connectivity index (χ2n) is 5.20. The SMILES string of the molecule is Cc1cc2c(CC(O)C(Cl)(Cl)Cl)nc(-c3ccccc3)nc2s1. The zero-order valence-electron chi connectivity index (χ0n) is 12.1. The molecule has 2 aromatic heterocycles. The lowest BCUT2D eigenvalue weighted by atomic mass is 10.1. The predicted molar refractivity (Wildman–Crippen MR) is 97.6 cm³/mol. The number of alkyl halides is 3. The molecule has 120 valence electrons. The quantitative estimate of drug-likeness (QED) is 0.647. The van der Waals surface area contributed by atoms with Crippen molar-refractivity contribution in [2.24, 2.45) is 0 Å². The molecule has 1 N–H and O–H groups in total. The van der Waals surface area contributed by atoms with Crippen molar-refractivity contribution in [2.45, 2.75) is 23.2 Å². The zero-order chi connectivity index (χ0) is 16.6. The molecule has 0 aliphatic heterocycles. The molecule has 0 aliphatic carbocycles. The maximum absolute atomic E-state index is 10.1. The van der Waals surface area contributed by atoms with Crippen LogP contribution >= 0.6 is 46.1 Å². The van der Waals surface area contributed by atoms with Crippen molar-refractivity contribution in [3.63, 3.8) is 0 Å². The summed E-state index contributed by atoms with van der Waals surface area (Å²) in [6, 6.07) is 11.7. The van der Waals surface area contributed by atoms with E-state index in [9.17, 15) is 5.11 Å². The first-order valence-electron chi connectivity index (χ1n) is 6.92. The molecule has 2 heterocycles. The Labute approximate surface area is 152 Å². The summed E-state index contributed by atoms with van der Waals surface area (Å²) in [6.07, 6.45) is -1.000. The first kappa shape index (κ1) is 16.9. The summed E-state index contributed by atoms with van der Waals surface area (Å²) in [5.74, 6) is 0.603. The van der Waals surface area contributed by atoms with Crippen LogP contribution in [0.2, 0.25) is 0 Å². The van der Waals surface area contributed by atoms with Crippen LogP contribution in [0.4, 0.5) is 0 Å². The number of nitrogens with zero attached hydrogens (tertiary/aromatic N) is 2. The molecule has 3 nitrogen and oxygen atoms in total. The number of benzene rings is 1. The van der Waals surface area contributed by atoms with Crippen LogP contribution in [-0.2, 0) is 6.42 Å². The normalized spacial score (nSPS) is 13.4. The molecule has 0 spiro atoms. The van der Waals surface area contributed by atoms with Crippen molar-refractivity contribution in [3.8, 4) is 11.4 Å². The number of aryl methyl sites for hydroxylation is 1. The van der Waals surface area contributed by atoms with Gasteiger partial charge in [0.05, 0.1) is 5.69 Å². The third kappa shape index (κ3) is 3.78. The average Bonchev–Trinajstić information content (AvgIpc) is 2.87. The first-order valence-corrected chi connectivity index (χ1v) is 8.87. The largest absolute Gasteiger partial charge is 0.388 e. The lowest BCUT2D eigenvalue weighted by molar-refractivity contribution is 0.178. The molecular weight excluding hydrogens is 375 g/mol. The van der Waals surface area contributed by atoms with Crippen LogP contribution in [0.1, 0.15) is 10.6 Å². The van der Waals surface area contributed by atoms with E-state index in [2.05, 4.69) is 9.97 Å². The van der Waals surface area contributed by atoms with Crippen LogP contribution in [0.5, 0.6) is 0 Å². The lowest BCUT2D eigenvalue weighted by Gasteiger charge is -2.18. The van der Waals surface area contributed by atoms with Crippen molar-refractivity contribution >= 4 is 56.4 Å². The van der Waals surface area contributed by atoms with Gasteiger partial charge < -0.3 is 5.11 Å². The van der Waals surface area contributed by atoms with Crippen molar-refractivity contribution in [1.29, 1.82) is 0 Å². The van der Waals surface area contributed by atoms with Crippen LogP contribution in [0, 0.1) is 6.92 Å². The Balaban J connectivity index is 2.11. The molecule has 1 atom stereocenters. The third-order valence-electron chi connectivity index (χ3n) is 3.39. The predicted octanol–water partition coefficient (Wildman–Crippen LogP) is 4.94. The van der Waals surface area contributed by atoms with Crippen molar-refractivity contribution < 1.29 is 5.11 Å². The van der Waals surface area contributed by atoms with Crippen molar-refractivity contribution in [1.82, 2.24) is 9.97 Å². The average molecular weight is 388 g/mol. The van der Waals surface area contributed by atoms with Gasteiger partial charge in [0.25, 0.3) is 0 Å². The van der Waals surface area contributed by atoms with Crippen LogP contribution in [-0.4, -0.2) is 25.0 Å². The number of hydrogen-bond acceptors (Lipinski definition) is 4. The molecule has 3 rings (SSSR count). The molecule has 0 fully saturated rings. The van der Waals surface area contributed by atoms with Gasteiger partial charge in [-0.15, -0.1) is 11.3 Å². The van der Waals surface area contributed by atoms with E-state index in [0.29, 0.717) is 11.5 Å². The van der Waals surface area contributed by atoms with Gasteiger partial charge in [0, 0.05) is 22.2 Å². The van der Waals surface area contributed by atoms with Crippen LogP contribution in [0.3, 0.4) is 0 Å². The minimum Gasteiger partial charge on any atom is -0.388 e. The van der Waals surface area contributed by atoms with Crippen molar-refractivity contribution in [3.05, 3.63) is 47.0 Å². The van der Waals surface area contributed by atoms with Crippen LogP contribution in [0.25, 0.3) is 21.6 Å². The van der Waals surface area contributed by atoms with E-state index < -0.39 is 9.90 Å². The van der Waals surface area contributed by atoms with Gasteiger partial charge in [0.2, 0.25) is 3.79 Å². The highest BCUT2D eigenvalue weighted by Gasteiger charge is 2.32. The zero-order valence-corrected chi connectivity index (χ0v) is 15.2. The van der Waals surface area contributed by atoms with Crippen LogP contribution in [0.15, 0.2) is 36.4 Å². The molecule has 1 unspecified atom stereocenters. The fourth-order valence-electron chi connectivity index (χ4n) is 2.27. The molecule has 0 aliphatic rings. The van der Waals surface area contributed by atoms with Gasteiger partial charge in [0.15, 0.2) is 5.82 Å². The molecular formula is C16H13Cl3N2OS.